The van der Waals surface area contributed by atoms with Crippen molar-refractivity contribution in [2.75, 3.05) is 6.54 Å². The molecule has 1 N–H and O–H groups in total. The maximum absolute atomic E-state index is 10.5. The van der Waals surface area contributed by atoms with E-state index in [9.17, 15) is 4.79 Å². The molecular weight excluding hydrogens is 102 g/mol. The number of Topliss-reactive ketones (excluding diaryl/α,β-unsaturated/α-hetero) is 1. The quantitative estimate of drug-likeness (QED) is 0.528. The van der Waals surface area contributed by atoms with Crippen molar-refractivity contribution in [2.24, 2.45) is 5.92 Å². The highest BCUT2D eigenvalue weighted by atomic mass is 16.1. The van der Waals surface area contributed by atoms with Crippen LogP contribution in [-0.4, -0.2) is 12.3 Å². The summed E-state index contributed by atoms with van der Waals surface area (Å²) >= 11 is 0. The van der Waals surface area contributed by atoms with E-state index in [-0.39, 0.29) is 12.3 Å². The summed E-state index contributed by atoms with van der Waals surface area (Å²) in [6, 6.07) is 0. The molecule has 2 nitrogen and oxygen atoms in total. The average Bonchev–Trinajstić information content (AvgIpc) is 2.50. The average molecular weight is 112 g/mol. The molecule has 1 rings (SSSR count). The van der Waals surface area contributed by atoms with E-state index >= 15 is 0 Å². The van der Waals surface area contributed by atoms with Crippen LogP contribution in [0.1, 0.15) is 19.3 Å². The van der Waals surface area contributed by atoms with Crippen LogP contribution in [0.15, 0.2) is 0 Å². The summed E-state index contributed by atoms with van der Waals surface area (Å²) in [5.41, 5.74) is 6.68. The molecule has 0 unspecified atom stereocenters. The SMILES string of the molecule is [NH]CC(=O)CC1CC1. The number of carbonyl (C=O) groups is 1. The fraction of sp³-hybridized carbons (Fsp3) is 0.833. The molecule has 0 saturated heterocycles. The molecule has 1 radical (unpaired) electrons. The smallest absolute Gasteiger partial charge is 0.148 e. The van der Waals surface area contributed by atoms with Gasteiger partial charge in [-0.25, -0.2) is 0 Å². The van der Waals surface area contributed by atoms with Gasteiger partial charge in [-0.1, -0.05) is 0 Å². The molecule has 2 heteroatoms. The van der Waals surface area contributed by atoms with E-state index in [1.807, 2.05) is 0 Å². The van der Waals surface area contributed by atoms with E-state index in [1.165, 1.54) is 12.8 Å². The summed E-state index contributed by atoms with van der Waals surface area (Å²) in [5.74, 6) is 0.764. The van der Waals surface area contributed by atoms with Crippen LogP contribution in [0.2, 0.25) is 0 Å². The number of carbonyl (C=O) groups excluding carboxylic acids is 1. The molecule has 0 aliphatic heterocycles. The van der Waals surface area contributed by atoms with Gasteiger partial charge in [-0.2, -0.15) is 0 Å². The van der Waals surface area contributed by atoms with Crippen LogP contribution in [0.3, 0.4) is 0 Å². The lowest BCUT2D eigenvalue weighted by Gasteiger charge is -1.89. The zero-order chi connectivity index (χ0) is 5.98. The van der Waals surface area contributed by atoms with Gasteiger partial charge in [0.05, 0.1) is 6.54 Å². The van der Waals surface area contributed by atoms with Crippen LogP contribution in [-0.2, 0) is 4.79 Å². The molecule has 1 aliphatic carbocycles. The molecule has 0 amide bonds. The van der Waals surface area contributed by atoms with Gasteiger partial charge < -0.3 is 0 Å². The fourth-order valence-electron chi connectivity index (χ4n) is 0.716. The molecule has 0 aromatic heterocycles. The van der Waals surface area contributed by atoms with Crippen molar-refractivity contribution in [3.05, 3.63) is 0 Å². The second-order valence-electron chi connectivity index (χ2n) is 2.36. The van der Waals surface area contributed by atoms with Gasteiger partial charge in [0, 0.05) is 6.42 Å². The monoisotopic (exact) mass is 112 g/mol. The molecule has 0 bridgehead atoms. The predicted octanol–water partition coefficient (Wildman–Crippen LogP) is 0.639. The molecule has 0 aromatic rings. The number of rotatable bonds is 3. The third-order valence-electron chi connectivity index (χ3n) is 1.41. The Morgan fingerprint density at radius 3 is 2.62 bits per heavy atom. The fourth-order valence-corrected chi connectivity index (χ4v) is 0.716. The van der Waals surface area contributed by atoms with Gasteiger partial charge in [0.2, 0.25) is 0 Å². The highest BCUT2D eigenvalue weighted by molar-refractivity contribution is 5.80. The topological polar surface area (TPSA) is 40.9 Å². The molecular formula is C6H10NO. The summed E-state index contributed by atoms with van der Waals surface area (Å²) in [7, 11) is 0. The van der Waals surface area contributed by atoms with Crippen LogP contribution < -0.4 is 5.73 Å². The van der Waals surface area contributed by atoms with Crippen molar-refractivity contribution >= 4 is 5.78 Å². The van der Waals surface area contributed by atoms with Crippen LogP contribution in [0.5, 0.6) is 0 Å². The number of ketones is 1. The summed E-state index contributed by atoms with van der Waals surface area (Å²) < 4.78 is 0. The minimum Gasteiger partial charge on any atom is -0.298 e. The summed E-state index contributed by atoms with van der Waals surface area (Å²) in [4.78, 5) is 10.5. The Balaban J connectivity index is 2.07. The first-order valence-corrected chi connectivity index (χ1v) is 2.99. The molecule has 1 aliphatic rings. The third-order valence-corrected chi connectivity index (χ3v) is 1.41. The van der Waals surface area contributed by atoms with Gasteiger partial charge >= 0.3 is 0 Å². The van der Waals surface area contributed by atoms with Crippen molar-refractivity contribution in [3.8, 4) is 0 Å². The van der Waals surface area contributed by atoms with Gasteiger partial charge in [0.1, 0.15) is 5.78 Å². The Labute approximate surface area is 49.1 Å². The minimum absolute atomic E-state index is 0.0174. The lowest BCUT2D eigenvalue weighted by molar-refractivity contribution is -0.118. The lowest BCUT2D eigenvalue weighted by Crippen LogP contribution is -2.05. The molecule has 1 saturated carbocycles. The first-order valence-electron chi connectivity index (χ1n) is 2.99. The highest BCUT2D eigenvalue weighted by Crippen LogP contribution is 2.32. The Bertz CT molecular complexity index is 96.7. The second kappa shape index (κ2) is 2.27. The van der Waals surface area contributed by atoms with Gasteiger partial charge in [0.25, 0.3) is 0 Å². The van der Waals surface area contributed by atoms with Crippen LogP contribution in [0.4, 0.5) is 0 Å². The Morgan fingerprint density at radius 2 is 2.25 bits per heavy atom. The number of nitrogens with one attached hydrogen (secondary N) is 1. The van der Waals surface area contributed by atoms with Gasteiger partial charge in [-0.15, -0.1) is 0 Å². The standard InChI is InChI=1S/C6H10NO/c7-4-6(8)3-5-1-2-5/h5,7H,1-4H2. The lowest BCUT2D eigenvalue weighted by atomic mass is 10.2. The van der Waals surface area contributed by atoms with E-state index in [4.69, 9.17) is 5.73 Å². The van der Waals surface area contributed by atoms with Crippen molar-refractivity contribution in [3.63, 3.8) is 0 Å². The van der Waals surface area contributed by atoms with Gasteiger partial charge in [-0.05, 0) is 18.8 Å². The predicted molar refractivity (Wildman–Crippen MR) is 30.3 cm³/mol. The van der Waals surface area contributed by atoms with Crippen LogP contribution >= 0.6 is 0 Å². The molecule has 0 atom stereocenters. The molecule has 0 heterocycles. The van der Waals surface area contributed by atoms with Gasteiger partial charge in [0.15, 0.2) is 0 Å². The first kappa shape index (κ1) is 5.76. The Morgan fingerprint density at radius 1 is 1.62 bits per heavy atom. The van der Waals surface area contributed by atoms with Crippen molar-refractivity contribution in [1.29, 1.82) is 0 Å². The highest BCUT2D eigenvalue weighted by Gasteiger charge is 2.23. The maximum Gasteiger partial charge on any atom is 0.148 e. The second-order valence-corrected chi connectivity index (χ2v) is 2.36. The largest absolute Gasteiger partial charge is 0.298 e. The number of hydrogen-bond donors (Lipinski definition) is 0. The molecule has 8 heavy (non-hydrogen) atoms. The van der Waals surface area contributed by atoms with Gasteiger partial charge in [-0.3, -0.25) is 10.5 Å². The summed E-state index contributed by atoms with van der Waals surface area (Å²) in [6.07, 6.45) is 3.10. The summed E-state index contributed by atoms with van der Waals surface area (Å²) in [6.45, 7) is -0.0174. The summed E-state index contributed by atoms with van der Waals surface area (Å²) in [5, 5.41) is 0. The number of hydrogen-bond acceptors (Lipinski definition) is 1. The first-order chi connectivity index (χ1) is 3.83. The van der Waals surface area contributed by atoms with E-state index < -0.39 is 0 Å². The van der Waals surface area contributed by atoms with E-state index in [1.54, 1.807) is 0 Å². The third kappa shape index (κ3) is 1.62. The Hall–Kier alpha value is -0.370. The molecule has 1 fully saturated rings. The normalized spacial score (nSPS) is 18.6. The van der Waals surface area contributed by atoms with Crippen molar-refractivity contribution < 1.29 is 4.79 Å². The van der Waals surface area contributed by atoms with E-state index in [0.29, 0.717) is 12.3 Å². The maximum atomic E-state index is 10.5. The minimum atomic E-state index is -0.0174. The van der Waals surface area contributed by atoms with Crippen molar-refractivity contribution in [1.82, 2.24) is 5.73 Å². The van der Waals surface area contributed by atoms with E-state index in [2.05, 4.69) is 0 Å². The van der Waals surface area contributed by atoms with Crippen LogP contribution in [0.25, 0.3) is 0 Å². The van der Waals surface area contributed by atoms with Crippen molar-refractivity contribution in [2.45, 2.75) is 19.3 Å². The zero-order valence-electron chi connectivity index (χ0n) is 4.81. The van der Waals surface area contributed by atoms with Crippen LogP contribution in [0, 0.1) is 5.92 Å². The molecule has 0 spiro atoms. The molecule has 0 aromatic carbocycles. The zero-order valence-corrected chi connectivity index (χ0v) is 4.81. The molecule has 45 valence electrons. The van der Waals surface area contributed by atoms with E-state index in [0.717, 1.165) is 0 Å². The Kier molecular flexibility index (Phi) is 1.63.